The van der Waals surface area contributed by atoms with Gasteiger partial charge in [-0.1, -0.05) is 53.6 Å². The Morgan fingerprint density at radius 1 is 0.800 bits per heavy atom. The fourth-order valence-corrected chi connectivity index (χ4v) is 14.3. The smallest absolute Gasteiger partial charge is 0.120 e. The van der Waals surface area contributed by atoms with Crippen LogP contribution in [0.1, 0.15) is 41.5 Å². The van der Waals surface area contributed by atoms with Crippen LogP contribution in [0.4, 0.5) is 0 Å². The van der Waals surface area contributed by atoms with Crippen molar-refractivity contribution in [3.05, 3.63) is 0 Å². The lowest BCUT2D eigenvalue weighted by Crippen LogP contribution is -2.58. The highest BCUT2D eigenvalue weighted by Gasteiger charge is 2.36. The van der Waals surface area contributed by atoms with Crippen LogP contribution in [0, 0.1) is 0 Å². The van der Waals surface area contributed by atoms with E-state index in [1.54, 1.807) is 0 Å². The molecule has 0 bridgehead atoms. The molecule has 0 aromatic heterocycles. The molecular formula is C12H31NSi2. The van der Waals surface area contributed by atoms with Crippen molar-refractivity contribution in [3.8, 4) is 0 Å². The Hall–Kier alpha value is 0.394. The fraction of sp³-hybridized carbons (Fsp3) is 1.00. The van der Waals surface area contributed by atoms with Gasteiger partial charge in [0.15, 0.2) is 0 Å². The molecule has 0 amide bonds. The van der Waals surface area contributed by atoms with Crippen molar-refractivity contribution in [3.63, 3.8) is 0 Å². The molecule has 0 aliphatic carbocycles. The zero-order valence-corrected chi connectivity index (χ0v) is 13.9. The molecule has 0 aliphatic rings. The van der Waals surface area contributed by atoms with Crippen LogP contribution in [0.3, 0.4) is 0 Å². The van der Waals surface area contributed by atoms with Crippen LogP contribution in [0.15, 0.2) is 0 Å². The summed E-state index contributed by atoms with van der Waals surface area (Å²) in [6.07, 6.45) is 0. The van der Waals surface area contributed by atoms with Gasteiger partial charge in [0, 0.05) is 0 Å². The third-order valence-electron chi connectivity index (χ3n) is 4.31. The van der Waals surface area contributed by atoms with E-state index in [4.69, 9.17) is 0 Å². The molecule has 0 saturated heterocycles. The van der Waals surface area contributed by atoms with Gasteiger partial charge in [-0.3, -0.25) is 0 Å². The first kappa shape index (κ1) is 15.4. The highest BCUT2D eigenvalue weighted by molar-refractivity contribution is 6.85. The van der Waals surface area contributed by atoms with Gasteiger partial charge < -0.3 is 4.23 Å². The lowest BCUT2D eigenvalue weighted by Gasteiger charge is -2.45. The van der Waals surface area contributed by atoms with Crippen molar-refractivity contribution in [2.75, 3.05) is 6.54 Å². The number of rotatable bonds is 8. The van der Waals surface area contributed by atoms with E-state index < -0.39 is 17.2 Å². The highest BCUT2D eigenvalue weighted by atomic mass is 28.4. The maximum Gasteiger partial charge on any atom is 0.120 e. The largest absolute Gasteiger partial charge is 0.348 e. The topological polar surface area (TPSA) is 3.24 Å². The molecule has 0 rings (SSSR count). The van der Waals surface area contributed by atoms with E-state index >= 15 is 0 Å². The molecule has 0 aromatic carbocycles. The average Bonchev–Trinajstić information content (AvgIpc) is 2.30. The molecule has 0 heterocycles. The van der Waals surface area contributed by atoms with Crippen LogP contribution >= 0.6 is 0 Å². The van der Waals surface area contributed by atoms with Crippen LogP contribution in [-0.2, 0) is 0 Å². The number of hydrogen-bond donors (Lipinski definition) is 0. The third-order valence-corrected chi connectivity index (χ3v) is 15.7. The minimum absolute atomic E-state index is 0.590. The molecule has 0 N–H and O–H groups in total. The Morgan fingerprint density at radius 3 is 1.40 bits per heavy atom. The first-order chi connectivity index (χ1) is 7.15. The molecule has 0 saturated carbocycles. The Bertz CT molecular complexity index is 145. The quantitative estimate of drug-likeness (QED) is 0.583. The second kappa shape index (κ2) is 7.63. The zero-order chi connectivity index (χ0) is 11.9. The lowest BCUT2D eigenvalue weighted by atomic mass is 10.8. The molecule has 1 nitrogen and oxygen atoms in total. The van der Waals surface area contributed by atoms with Gasteiger partial charge in [-0.25, -0.2) is 0 Å². The molecule has 0 atom stereocenters. The molecule has 0 aromatic rings. The first-order valence-corrected chi connectivity index (χ1v) is 11.6. The van der Waals surface area contributed by atoms with Crippen molar-refractivity contribution < 1.29 is 0 Å². The summed E-state index contributed by atoms with van der Waals surface area (Å²) < 4.78 is 3.03. The minimum atomic E-state index is -1.06. The maximum atomic E-state index is 3.03. The van der Waals surface area contributed by atoms with Gasteiger partial charge in [0.1, 0.15) is 17.2 Å². The van der Waals surface area contributed by atoms with E-state index in [1.165, 1.54) is 36.8 Å². The molecule has 0 aliphatic heterocycles. The molecule has 92 valence electrons. The normalized spacial score (nSPS) is 12.8. The molecular weight excluding hydrogens is 214 g/mol. The number of hydrogen-bond acceptors (Lipinski definition) is 1. The summed E-state index contributed by atoms with van der Waals surface area (Å²) >= 11 is 0. The van der Waals surface area contributed by atoms with E-state index in [9.17, 15) is 0 Å². The summed E-state index contributed by atoms with van der Waals surface area (Å²) in [4.78, 5) is 0. The van der Waals surface area contributed by atoms with Crippen LogP contribution in [0.25, 0.3) is 0 Å². The minimum Gasteiger partial charge on any atom is -0.348 e. The van der Waals surface area contributed by atoms with Gasteiger partial charge in [-0.15, -0.1) is 0 Å². The van der Waals surface area contributed by atoms with E-state index in [0.29, 0.717) is 0 Å². The van der Waals surface area contributed by atoms with E-state index in [0.717, 1.165) is 0 Å². The number of nitrogens with zero attached hydrogens (tertiary/aromatic N) is 1. The maximum absolute atomic E-state index is 3.03. The SMILES string of the molecule is CCN([SiH](CC)CC)[Si](CC)(CC)CC. The predicted molar refractivity (Wildman–Crippen MR) is 77.7 cm³/mol. The molecule has 0 fully saturated rings. The third kappa shape index (κ3) is 3.43. The second-order valence-corrected chi connectivity index (χ2v) is 13.8. The van der Waals surface area contributed by atoms with Crippen molar-refractivity contribution in [2.24, 2.45) is 0 Å². The molecule has 0 radical (unpaired) electrons. The van der Waals surface area contributed by atoms with Crippen LogP contribution in [0.5, 0.6) is 0 Å². The Morgan fingerprint density at radius 2 is 1.20 bits per heavy atom. The van der Waals surface area contributed by atoms with E-state index in [-0.39, 0.29) is 0 Å². The summed E-state index contributed by atoms with van der Waals surface area (Å²) in [7, 11) is -1.65. The van der Waals surface area contributed by atoms with E-state index in [1.807, 2.05) is 0 Å². The van der Waals surface area contributed by atoms with Crippen molar-refractivity contribution in [1.29, 1.82) is 0 Å². The monoisotopic (exact) mass is 245 g/mol. The van der Waals surface area contributed by atoms with Gasteiger partial charge in [0.05, 0.1) is 0 Å². The second-order valence-electron chi connectivity index (χ2n) is 4.54. The van der Waals surface area contributed by atoms with Gasteiger partial charge in [0.25, 0.3) is 0 Å². The standard InChI is InChI=1S/C12H31NSi2/c1-7-13(14(8-2)9-3)15(10-4,11-5)12-6/h14H,7-12H2,1-6H3. The first-order valence-electron chi connectivity index (χ1n) is 6.92. The Kier molecular flexibility index (Phi) is 7.83. The molecule has 15 heavy (non-hydrogen) atoms. The fourth-order valence-electron chi connectivity index (χ4n) is 3.07. The predicted octanol–water partition coefficient (Wildman–Crippen LogP) is 4.08. The molecule has 3 heteroatoms. The van der Waals surface area contributed by atoms with Crippen molar-refractivity contribution in [2.45, 2.75) is 71.8 Å². The molecule has 0 spiro atoms. The Labute approximate surface area is 100 Å². The summed E-state index contributed by atoms with van der Waals surface area (Å²) in [5.74, 6) is 0. The molecule has 0 unspecified atom stereocenters. The summed E-state index contributed by atoms with van der Waals surface area (Å²) in [5, 5.41) is 0. The lowest BCUT2D eigenvalue weighted by molar-refractivity contribution is 0.632. The van der Waals surface area contributed by atoms with Crippen LogP contribution in [-0.4, -0.2) is 28.0 Å². The Balaban J connectivity index is 4.86. The van der Waals surface area contributed by atoms with Gasteiger partial charge in [-0.2, -0.15) is 0 Å². The zero-order valence-electron chi connectivity index (χ0n) is 11.8. The summed E-state index contributed by atoms with van der Waals surface area (Å²) in [6, 6.07) is 7.28. The highest BCUT2D eigenvalue weighted by Crippen LogP contribution is 2.27. The van der Waals surface area contributed by atoms with Crippen LogP contribution in [0.2, 0.25) is 30.2 Å². The van der Waals surface area contributed by atoms with Gasteiger partial charge in [0.2, 0.25) is 0 Å². The van der Waals surface area contributed by atoms with Crippen LogP contribution < -0.4 is 0 Å². The summed E-state index contributed by atoms with van der Waals surface area (Å²) in [6.45, 7) is 15.8. The van der Waals surface area contributed by atoms with Crippen molar-refractivity contribution >= 4 is 17.2 Å². The van der Waals surface area contributed by atoms with Crippen molar-refractivity contribution in [1.82, 2.24) is 4.23 Å². The average molecular weight is 246 g/mol. The van der Waals surface area contributed by atoms with E-state index in [2.05, 4.69) is 45.8 Å². The van der Waals surface area contributed by atoms with Gasteiger partial charge in [-0.05, 0) is 24.7 Å². The van der Waals surface area contributed by atoms with Gasteiger partial charge >= 0.3 is 0 Å². The summed E-state index contributed by atoms with van der Waals surface area (Å²) in [5.41, 5.74) is 0.